The molecule has 1 aromatic heterocycles. The molecule has 4 rings (SSSR count). The Morgan fingerprint density at radius 2 is 1.84 bits per heavy atom. The number of hydrogen-bond donors (Lipinski definition) is 0. The van der Waals surface area contributed by atoms with Crippen LogP contribution in [0.25, 0.3) is 0 Å². The number of halogens is 1. The first-order valence-corrected chi connectivity index (χ1v) is 13.7. The summed E-state index contributed by atoms with van der Waals surface area (Å²) < 4.78 is 40.4. The SMILES string of the molecule is Cc1cc(C(=O)COC(=O)c2cc(S(=O)(=O)N(C)c3ccccc3)ccc2Cl)c(C)n1C[C@H]1CCCO1. The van der Waals surface area contributed by atoms with E-state index >= 15 is 0 Å². The summed E-state index contributed by atoms with van der Waals surface area (Å²) in [6, 6.07) is 14.1. The second-order valence-corrected chi connectivity index (χ2v) is 11.4. The van der Waals surface area contributed by atoms with Crippen LogP contribution in [0.5, 0.6) is 0 Å². The van der Waals surface area contributed by atoms with Crippen LogP contribution >= 0.6 is 11.6 Å². The lowest BCUT2D eigenvalue weighted by Crippen LogP contribution is -2.26. The van der Waals surface area contributed by atoms with Crippen LogP contribution in [0.1, 0.15) is 44.9 Å². The van der Waals surface area contributed by atoms with Gasteiger partial charge in [0.05, 0.1) is 27.3 Å². The Balaban J connectivity index is 1.48. The van der Waals surface area contributed by atoms with Gasteiger partial charge in [0, 0.05) is 37.2 Å². The van der Waals surface area contributed by atoms with E-state index in [2.05, 4.69) is 0 Å². The molecule has 0 amide bonds. The predicted molar refractivity (Wildman–Crippen MR) is 141 cm³/mol. The summed E-state index contributed by atoms with van der Waals surface area (Å²) in [6.45, 7) is 4.69. The maximum Gasteiger partial charge on any atom is 0.340 e. The summed E-state index contributed by atoms with van der Waals surface area (Å²) in [5.41, 5.74) is 2.50. The number of benzene rings is 2. The molecular weight excluding hydrogens is 516 g/mol. The molecule has 1 atom stereocenters. The van der Waals surface area contributed by atoms with Crippen molar-refractivity contribution < 1.29 is 27.5 Å². The Labute approximate surface area is 221 Å². The lowest BCUT2D eigenvalue weighted by molar-refractivity contribution is 0.0474. The molecule has 0 radical (unpaired) electrons. The van der Waals surface area contributed by atoms with E-state index in [0.717, 1.165) is 41.2 Å². The van der Waals surface area contributed by atoms with Crippen molar-refractivity contribution in [3.8, 4) is 0 Å². The summed E-state index contributed by atoms with van der Waals surface area (Å²) in [5, 5.41) is 0.0218. The van der Waals surface area contributed by atoms with Crippen LogP contribution < -0.4 is 4.31 Å². The summed E-state index contributed by atoms with van der Waals surface area (Å²) in [5.74, 6) is -1.24. The fourth-order valence-electron chi connectivity index (χ4n) is 4.40. The third kappa shape index (κ3) is 5.74. The van der Waals surface area contributed by atoms with Gasteiger partial charge in [0.25, 0.3) is 10.0 Å². The number of anilines is 1. The number of esters is 1. The zero-order valence-corrected chi connectivity index (χ0v) is 22.5. The third-order valence-corrected chi connectivity index (χ3v) is 8.67. The summed E-state index contributed by atoms with van der Waals surface area (Å²) in [6.07, 6.45) is 2.13. The Morgan fingerprint density at radius 3 is 2.51 bits per heavy atom. The van der Waals surface area contributed by atoms with E-state index in [0.29, 0.717) is 17.8 Å². The highest BCUT2D eigenvalue weighted by Crippen LogP contribution is 2.26. The third-order valence-electron chi connectivity index (χ3n) is 6.55. The predicted octanol–water partition coefficient (Wildman–Crippen LogP) is 4.80. The van der Waals surface area contributed by atoms with Gasteiger partial charge < -0.3 is 14.0 Å². The molecule has 0 spiro atoms. The maximum atomic E-state index is 13.1. The van der Waals surface area contributed by atoms with E-state index in [4.69, 9.17) is 21.1 Å². The zero-order chi connectivity index (χ0) is 26.7. The minimum absolute atomic E-state index is 0.0218. The van der Waals surface area contributed by atoms with E-state index < -0.39 is 22.6 Å². The number of ether oxygens (including phenoxy) is 2. The van der Waals surface area contributed by atoms with Crippen molar-refractivity contribution in [2.24, 2.45) is 0 Å². The van der Waals surface area contributed by atoms with E-state index in [1.807, 2.05) is 18.4 Å². The number of rotatable bonds is 9. The van der Waals surface area contributed by atoms with Gasteiger partial charge in [0.1, 0.15) is 0 Å². The number of para-hydroxylation sites is 1. The van der Waals surface area contributed by atoms with Gasteiger partial charge in [-0.1, -0.05) is 29.8 Å². The molecular formula is C27H29ClN2O6S. The lowest BCUT2D eigenvalue weighted by Gasteiger charge is -2.20. The van der Waals surface area contributed by atoms with Crippen LogP contribution in [0.15, 0.2) is 59.5 Å². The molecule has 1 fully saturated rings. The number of aryl methyl sites for hydroxylation is 1. The molecule has 3 aromatic rings. The Bertz CT molecular complexity index is 1410. The fraction of sp³-hybridized carbons (Fsp3) is 0.333. The number of ketones is 1. The second kappa shape index (κ2) is 11.1. The summed E-state index contributed by atoms with van der Waals surface area (Å²) in [7, 11) is -2.55. The number of sulfonamides is 1. The molecule has 8 nitrogen and oxygen atoms in total. The Hall–Kier alpha value is -3.14. The van der Waals surface area contributed by atoms with Crippen LogP contribution in [0.2, 0.25) is 5.02 Å². The van der Waals surface area contributed by atoms with Crippen LogP contribution in [-0.4, -0.2) is 51.1 Å². The van der Waals surface area contributed by atoms with Gasteiger partial charge in [-0.05, 0) is 63.1 Å². The molecule has 0 unspecified atom stereocenters. The van der Waals surface area contributed by atoms with Crippen molar-refractivity contribution in [1.82, 2.24) is 4.57 Å². The number of Topliss-reactive ketones (excluding diaryl/α,β-unsaturated/α-hetero) is 1. The molecule has 1 saturated heterocycles. The van der Waals surface area contributed by atoms with Crippen LogP contribution in [0.3, 0.4) is 0 Å². The minimum Gasteiger partial charge on any atom is -0.454 e. The van der Waals surface area contributed by atoms with Crippen LogP contribution in [0.4, 0.5) is 5.69 Å². The van der Waals surface area contributed by atoms with Gasteiger partial charge in [-0.3, -0.25) is 9.10 Å². The topological polar surface area (TPSA) is 94.9 Å². The van der Waals surface area contributed by atoms with Crippen LogP contribution in [0, 0.1) is 13.8 Å². The number of aromatic nitrogens is 1. The van der Waals surface area contributed by atoms with E-state index in [1.165, 1.54) is 19.2 Å². The standard InChI is InChI=1S/C27H29ClN2O6S/c1-18-14-23(19(2)30(18)16-21-10-7-13-35-21)26(31)17-36-27(32)24-15-22(11-12-25(24)28)37(33,34)29(3)20-8-5-4-6-9-20/h4-6,8-9,11-12,14-15,21H,7,10,13,16-17H2,1-3H3/t21-/m1/s1. The number of carbonyl (C=O) groups excluding carboxylic acids is 2. The van der Waals surface area contributed by atoms with Crippen molar-refractivity contribution in [1.29, 1.82) is 0 Å². The largest absolute Gasteiger partial charge is 0.454 e. The van der Waals surface area contributed by atoms with Crippen molar-refractivity contribution in [2.75, 3.05) is 24.6 Å². The van der Waals surface area contributed by atoms with Crippen molar-refractivity contribution in [2.45, 2.75) is 44.2 Å². The average molecular weight is 545 g/mol. The normalized spacial score (nSPS) is 15.5. The first-order valence-electron chi connectivity index (χ1n) is 11.9. The van der Waals surface area contributed by atoms with Gasteiger partial charge in [-0.25, -0.2) is 13.2 Å². The van der Waals surface area contributed by atoms with Gasteiger partial charge >= 0.3 is 5.97 Å². The van der Waals surface area contributed by atoms with Crippen molar-refractivity contribution >= 4 is 39.1 Å². The van der Waals surface area contributed by atoms with E-state index in [-0.39, 0.29) is 27.4 Å². The highest BCUT2D eigenvalue weighted by atomic mass is 35.5. The molecule has 2 heterocycles. The smallest absolute Gasteiger partial charge is 0.340 e. The summed E-state index contributed by atoms with van der Waals surface area (Å²) >= 11 is 6.19. The number of carbonyl (C=O) groups is 2. The average Bonchev–Trinajstić information content (AvgIpc) is 3.51. The molecule has 196 valence electrons. The van der Waals surface area contributed by atoms with E-state index in [1.54, 1.807) is 36.4 Å². The first-order chi connectivity index (χ1) is 17.6. The minimum atomic E-state index is -3.97. The molecule has 0 aliphatic carbocycles. The zero-order valence-electron chi connectivity index (χ0n) is 20.9. The first kappa shape index (κ1) is 26.9. The van der Waals surface area contributed by atoms with Crippen molar-refractivity contribution in [3.63, 3.8) is 0 Å². The fourth-order valence-corrected chi connectivity index (χ4v) is 5.82. The monoisotopic (exact) mass is 544 g/mol. The second-order valence-electron chi connectivity index (χ2n) is 8.98. The van der Waals surface area contributed by atoms with Gasteiger partial charge in [0.15, 0.2) is 6.61 Å². The summed E-state index contributed by atoms with van der Waals surface area (Å²) in [4.78, 5) is 25.6. The molecule has 1 aliphatic rings. The number of hydrogen-bond acceptors (Lipinski definition) is 6. The lowest BCUT2D eigenvalue weighted by atomic mass is 10.1. The quantitative estimate of drug-likeness (QED) is 0.283. The Kier molecular flexibility index (Phi) is 8.06. The molecule has 1 aliphatic heterocycles. The molecule has 10 heteroatoms. The molecule has 0 bridgehead atoms. The van der Waals surface area contributed by atoms with Crippen LogP contribution in [-0.2, 0) is 26.0 Å². The Morgan fingerprint density at radius 1 is 1.11 bits per heavy atom. The molecule has 0 N–H and O–H groups in total. The highest BCUT2D eigenvalue weighted by molar-refractivity contribution is 7.92. The molecule has 37 heavy (non-hydrogen) atoms. The van der Waals surface area contributed by atoms with Crippen molar-refractivity contribution in [3.05, 3.63) is 82.1 Å². The van der Waals surface area contributed by atoms with Gasteiger partial charge in [-0.15, -0.1) is 0 Å². The van der Waals surface area contributed by atoms with E-state index in [9.17, 15) is 18.0 Å². The maximum absolute atomic E-state index is 13.1. The van der Waals surface area contributed by atoms with Gasteiger partial charge in [-0.2, -0.15) is 0 Å². The number of nitrogens with zero attached hydrogens (tertiary/aromatic N) is 2. The highest BCUT2D eigenvalue weighted by Gasteiger charge is 2.25. The molecule has 2 aromatic carbocycles. The molecule has 0 saturated carbocycles. The van der Waals surface area contributed by atoms with Gasteiger partial charge in [0.2, 0.25) is 5.78 Å².